The van der Waals surface area contributed by atoms with Crippen molar-refractivity contribution < 1.29 is 17.9 Å². The number of sulfone groups is 1. The summed E-state index contributed by atoms with van der Waals surface area (Å²) in [4.78, 5) is 0. The Bertz CT molecular complexity index is 749. The summed E-state index contributed by atoms with van der Waals surface area (Å²) in [6, 6.07) is 14.4. The first kappa shape index (κ1) is 16.1. The van der Waals surface area contributed by atoms with Crippen LogP contribution in [0.5, 0.6) is 11.5 Å². The first-order valence-corrected chi connectivity index (χ1v) is 8.43. The van der Waals surface area contributed by atoms with Crippen LogP contribution in [0.3, 0.4) is 0 Å². The summed E-state index contributed by atoms with van der Waals surface area (Å²) in [5.74, 6) is 1.04. The molecule has 0 heterocycles. The molecule has 0 atom stereocenters. The number of hydrogen-bond acceptors (Lipinski definition) is 4. The van der Waals surface area contributed by atoms with Gasteiger partial charge in [-0.1, -0.05) is 42.5 Å². The highest BCUT2D eigenvalue weighted by Crippen LogP contribution is 2.31. The Kier molecular flexibility index (Phi) is 5.22. The minimum atomic E-state index is -3.35. The number of ether oxygens (including phenoxy) is 2. The van der Waals surface area contributed by atoms with Gasteiger partial charge in [0.2, 0.25) is 0 Å². The predicted molar refractivity (Wildman–Crippen MR) is 87.6 cm³/mol. The lowest BCUT2D eigenvalue weighted by Gasteiger charge is -2.09. The van der Waals surface area contributed by atoms with Crippen molar-refractivity contribution in [2.24, 2.45) is 0 Å². The van der Waals surface area contributed by atoms with Crippen LogP contribution in [0.2, 0.25) is 0 Å². The normalized spacial score (nSPS) is 11.5. The Morgan fingerprint density at radius 1 is 0.955 bits per heavy atom. The van der Waals surface area contributed by atoms with E-state index in [9.17, 15) is 8.42 Å². The third kappa shape index (κ3) is 4.11. The van der Waals surface area contributed by atoms with Gasteiger partial charge in [-0.2, -0.15) is 0 Å². The Hall–Kier alpha value is -2.27. The predicted octanol–water partition coefficient (Wildman–Crippen LogP) is 3.29. The zero-order valence-electron chi connectivity index (χ0n) is 12.5. The van der Waals surface area contributed by atoms with Gasteiger partial charge in [-0.15, -0.1) is 0 Å². The van der Waals surface area contributed by atoms with Gasteiger partial charge in [0.05, 0.1) is 20.0 Å². The Labute approximate surface area is 130 Å². The number of para-hydroxylation sites is 1. The van der Waals surface area contributed by atoms with E-state index < -0.39 is 9.84 Å². The molecule has 0 aromatic heterocycles. The molecule has 116 valence electrons. The van der Waals surface area contributed by atoms with Crippen molar-refractivity contribution in [2.75, 3.05) is 14.2 Å². The van der Waals surface area contributed by atoms with Crippen molar-refractivity contribution in [3.8, 4) is 11.5 Å². The molecule has 22 heavy (non-hydrogen) atoms. The molecular weight excluding hydrogens is 300 g/mol. The minimum absolute atomic E-state index is 0.0311. The fraction of sp³-hybridized carbons (Fsp3) is 0.176. The summed E-state index contributed by atoms with van der Waals surface area (Å²) in [5.41, 5.74) is 1.41. The lowest BCUT2D eigenvalue weighted by atomic mass is 10.2. The van der Waals surface area contributed by atoms with Gasteiger partial charge in [-0.05, 0) is 17.7 Å². The molecule has 2 aromatic carbocycles. The highest BCUT2D eigenvalue weighted by atomic mass is 32.2. The van der Waals surface area contributed by atoms with Crippen LogP contribution < -0.4 is 9.47 Å². The molecule has 0 fully saturated rings. The quantitative estimate of drug-likeness (QED) is 0.820. The molecule has 0 spiro atoms. The summed E-state index contributed by atoms with van der Waals surface area (Å²) < 4.78 is 34.8. The molecule has 4 nitrogen and oxygen atoms in total. The Balaban J connectivity index is 2.24. The van der Waals surface area contributed by atoms with Crippen LogP contribution in [0.4, 0.5) is 0 Å². The molecule has 0 unspecified atom stereocenters. The standard InChI is InChI=1S/C17H18O4S/c1-20-16-10-6-9-15(17(16)21-2)11-12-22(18,19)13-14-7-4-3-5-8-14/h3-12H,13H2,1-2H3. The summed E-state index contributed by atoms with van der Waals surface area (Å²) in [5, 5.41) is 1.21. The maximum atomic E-state index is 12.2. The van der Waals surface area contributed by atoms with Gasteiger partial charge >= 0.3 is 0 Å². The van der Waals surface area contributed by atoms with Crippen LogP contribution in [-0.4, -0.2) is 22.6 Å². The monoisotopic (exact) mass is 318 g/mol. The topological polar surface area (TPSA) is 52.6 Å². The van der Waals surface area contributed by atoms with Gasteiger partial charge < -0.3 is 9.47 Å². The average molecular weight is 318 g/mol. The van der Waals surface area contributed by atoms with Crippen molar-refractivity contribution >= 4 is 15.9 Å². The molecule has 0 amide bonds. The fourth-order valence-corrected chi connectivity index (χ4v) is 3.18. The lowest BCUT2D eigenvalue weighted by Crippen LogP contribution is -2.00. The maximum absolute atomic E-state index is 12.2. The van der Waals surface area contributed by atoms with E-state index in [-0.39, 0.29) is 5.75 Å². The second-order valence-electron chi connectivity index (χ2n) is 4.68. The molecule has 0 aliphatic rings. The van der Waals surface area contributed by atoms with Gasteiger partial charge in [0, 0.05) is 11.0 Å². The van der Waals surface area contributed by atoms with Crippen molar-refractivity contribution in [1.29, 1.82) is 0 Å². The fourth-order valence-electron chi connectivity index (χ4n) is 2.07. The largest absolute Gasteiger partial charge is 0.493 e. The number of hydrogen-bond donors (Lipinski definition) is 0. The molecule has 0 saturated heterocycles. The zero-order chi connectivity index (χ0) is 16.0. The molecule has 0 bridgehead atoms. The second-order valence-corrected chi connectivity index (χ2v) is 6.56. The van der Waals surface area contributed by atoms with E-state index in [1.165, 1.54) is 25.7 Å². The molecule has 0 aliphatic heterocycles. The molecular formula is C17H18O4S. The molecule has 5 heteroatoms. The first-order chi connectivity index (χ1) is 10.6. The Morgan fingerprint density at radius 3 is 2.32 bits per heavy atom. The molecule has 0 radical (unpaired) electrons. The zero-order valence-corrected chi connectivity index (χ0v) is 13.3. The van der Waals surface area contributed by atoms with Crippen LogP contribution in [0.1, 0.15) is 11.1 Å². The van der Waals surface area contributed by atoms with Crippen molar-refractivity contribution in [3.05, 3.63) is 65.1 Å². The SMILES string of the molecule is COc1cccc(C=CS(=O)(=O)Cc2ccccc2)c1OC. The Morgan fingerprint density at radius 2 is 1.68 bits per heavy atom. The maximum Gasteiger partial charge on any atom is 0.175 e. The van der Waals surface area contributed by atoms with E-state index in [2.05, 4.69) is 0 Å². The van der Waals surface area contributed by atoms with Crippen LogP contribution in [0.25, 0.3) is 6.08 Å². The van der Waals surface area contributed by atoms with Crippen LogP contribution in [0.15, 0.2) is 53.9 Å². The summed E-state index contributed by atoms with van der Waals surface area (Å²) in [7, 11) is -0.294. The second kappa shape index (κ2) is 7.13. The number of methoxy groups -OCH3 is 2. The van der Waals surface area contributed by atoms with Gasteiger partial charge in [0.15, 0.2) is 21.3 Å². The summed E-state index contributed by atoms with van der Waals surface area (Å²) in [6.07, 6.45) is 1.53. The van der Waals surface area contributed by atoms with E-state index in [0.29, 0.717) is 17.1 Å². The van der Waals surface area contributed by atoms with E-state index in [1.807, 2.05) is 18.2 Å². The first-order valence-electron chi connectivity index (χ1n) is 6.71. The van der Waals surface area contributed by atoms with Crippen LogP contribution in [-0.2, 0) is 15.6 Å². The van der Waals surface area contributed by atoms with E-state index in [1.54, 1.807) is 30.3 Å². The van der Waals surface area contributed by atoms with Crippen molar-refractivity contribution in [1.82, 2.24) is 0 Å². The smallest absolute Gasteiger partial charge is 0.175 e. The van der Waals surface area contributed by atoms with Crippen LogP contribution >= 0.6 is 0 Å². The van der Waals surface area contributed by atoms with E-state index >= 15 is 0 Å². The molecule has 2 rings (SSSR count). The van der Waals surface area contributed by atoms with Crippen LogP contribution in [0, 0.1) is 0 Å². The summed E-state index contributed by atoms with van der Waals surface area (Å²) in [6.45, 7) is 0. The van der Waals surface area contributed by atoms with Gasteiger partial charge in [-0.25, -0.2) is 8.42 Å². The molecule has 0 N–H and O–H groups in total. The molecule has 0 aliphatic carbocycles. The van der Waals surface area contributed by atoms with Gasteiger partial charge in [0.25, 0.3) is 0 Å². The third-order valence-electron chi connectivity index (χ3n) is 3.10. The van der Waals surface area contributed by atoms with Crippen molar-refractivity contribution in [3.63, 3.8) is 0 Å². The minimum Gasteiger partial charge on any atom is -0.493 e. The van der Waals surface area contributed by atoms with E-state index in [4.69, 9.17) is 9.47 Å². The molecule has 2 aromatic rings. The number of benzene rings is 2. The summed E-state index contributed by atoms with van der Waals surface area (Å²) >= 11 is 0. The lowest BCUT2D eigenvalue weighted by molar-refractivity contribution is 0.354. The highest BCUT2D eigenvalue weighted by Gasteiger charge is 2.10. The average Bonchev–Trinajstić information content (AvgIpc) is 2.53. The van der Waals surface area contributed by atoms with E-state index in [0.717, 1.165) is 5.56 Å². The molecule has 0 saturated carbocycles. The van der Waals surface area contributed by atoms with Gasteiger partial charge in [0.1, 0.15) is 0 Å². The van der Waals surface area contributed by atoms with Crippen molar-refractivity contribution in [2.45, 2.75) is 5.75 Å². The number of rotatable bonds is 6. The van der Waals surface area contributed by atoms with Gasteiger partial charge in [-0.3, -0.25) is 0 Å². The third-order valence-corrected chi connectivity index (χ3v) is 4.39. The highest BCUT2D eigenvalue weighted by molar-refractivity contribution is 7.93.